The first-order chi connectivity index (χ1) is 6.81. The lowest BCUT2D eigenvalue weighted by Crippen LogP contribution is -1.85. The molecule has 2 aromatic rings. The second-order valence-corrected chi connectivity index (χ2v) is 3.36. The van der Waals surface area contributed by atoms with Crippen molar-refractivity contribution in [2.24, 2.45) is 0 Å². The summed E-state index contributed by atoms with van der Waals surface area (Å²) in [7, 11) is 1.63. The van der Waals surface area contributed by atoms with Crippen molar-refractivity contribution >= 4 is 12.6 Å². The molecule has 0 aliphatic heterocycles. The molecular weight excluding hydrogens is 196 g/mol. The van der Waals surface area contributed by atoms with Gasteiger partial charge in [-0.2, -0.15) is 5.10 Å². The van der Waals surface area contributed by atoms with Crippen LogP contribution in [0.2, 0.25) is 0 Å². The molecule has 1 aromatic heterocycles. The molecule has 0 saturated heterocycles. The summed E-state index contributed by atoms with van der Waals surface area (Å²) in [5.74, 6) is 0.770. The first kappa shape index (κ1) is 9.15. The van der Waals surface area contributed by atoms with Crippen LogP contribution in [-0.2, 0) is 0 Å². The van der Waals surface area contributed by atoms with E-state index >= 15 is 0 Å². The van der Waals surface area contributed by atoms with Crippen molar-refractivity contribution in [3.8, 4) is 16.9 Å². The van der Waals surface area contributed by atoms with Crippen LogP contribution in [-0.4, -0.2) is 17.3 Å². The van der Waals surface area contributed by atoms with E-state index < -0.39 is 0 Å². The van der Waals surface area contributed by atoms with E-state index in [9.17, 15) is 0 Å². The van der Waals surface area contributed by atoms with E-state index in [4.69, 9.17) is 4.74 Å². The van der Waals surface area contributed by atoms with Gasteiger partial charge in [0.25, 0.3) is 0 Å². The van der Waals surface area contributed by atoms with Crippen LogP contribution >= 0.6 is 12.6 Å². The molecule has 72 valence electrons. The molecule has 0 aliphatic rings. The van der Waals surface area contributed by atoms with Gasteiger partial charge in [-0.15, -0.1) is 12.6 Å². The van der Waals surface area contributed by atoms with Crippen molar-refractivity contribution in [1.29, 1.82) is 0 Å². The summed E-state index contributed by atoms with van der Waals surface area (Å²) in [6.45, 7) is 0. The molecule has 0 aliphatic carbocycles. The highest BCUT2D eigenvalue weighted by molar-refractivity contribution is 7.80. The number of hydrogen-bond donors (Lipinski definition) is 2. The average Bonchev–Trinajstić information content (AvgIpc) is 2.71. The maximum atomic E-state index is 5.18. The molecule has 0 fully saturated rings. The normalized spacial score (nSPS) is 10.1. The maximum Gasteiger partial charge on any atom is 0.132 e. The fourth-order valence-electron chi connectivity index (χ4n) is 1.27. The lowest BCUT2D eigenvalue weighted by molar-refractivity contribution is 0.405. The summed E-state index contributed by atoms with van der Waals surface area (Å²) in [6, 6.07) is 5.83. The Morgan fingerprint density at radius 2 is 2.21 bits per heavy atom. The Bertz CT molecular complexity index is 426. The summed E-state index contributed by atoms with van der Waals surface area (Å²) in [5.41, 5.74) is 2.10. The standard InChI is InChI=1S/C10H10N2OS/c1-13-9-4-7(2-3-10(9)14)8-5-11-12-6-8/h2-6,14H,1H3,(H,11,12). The van der Waals surface area contributed by atoms with Crippen LogP contribution in [0.4, 0.5) is 0 Å². The molecule has 3 nitrogen and oxygen atoms in total. The number of H-pyrrole nitrogens is 1. The van der Waals surface area contributed by atoms with Crippen molar-refractivity contribution in [3.05, 3.63) is 30.6 Å². The highest BCUT2D eigenvalue weighted by atomic mass is 32.1. The summed E-state index contributed by atoms with van der Waals surface area (Å²) in [5, 5.41) is 6.66. The van der Waals surface area contributed by atoms with Gasteiger partial charge in [-0.05, 0) is 17.7 Å². The molecule has 0 saturated carbocycles. The fourth-order valence-corrected chi connectivity index (χ4v) is 1.50. The number of ether oxygens (including phenoxy) is 1. The van der Waals surface area contributed by atoms with Gasteiger partial charge in [-0.25, -0.2) is 0 Å². The van der Waals surface area contributed by atoms with Gasteiger partial charge in [0.2, 0.25) is 0 Å². The Morgan fingerprint density at radius 3 is 2.86 bits per heavy atom. The molecule has 14 heavy (non-hydrogen) atoms. The first-order valence-corrected chi connectivity index (χ1v) is 4.62. The zero-order valence-corrected chi connectivity index (χ0v) is 8.58. The van der Waals surface area contributed by atoms with E-state index in [1.165, 1.54) is 0 Å². The Labute approximate surface area is 87.5 Å². The number of nitrogens with zero attached hydrogens (tertiary/aromatic N) is 1. The van der Waals surface area contributed by atoms with E-state index in [1.807, 2.05) is 24.4 Å². The number of aromatic amines is 1. The third-order valence-corrected chi connectivity index (χ3v) is 2.38. The summed E-state index contributed by atoms with van der Waals surface area (Å²) >= 11 is 4.27. The third kappa shape index (κ3) is 1.61. The Morgan fingerprint density at radius 1 is 1.36 bits per heavy atom. The van der Waals surface area contributed by atoms with E-state index in [0.29, 0.717) is 0 Å². The molecule has 1 heterocycles. The fraction of sp³-hybridized carbons (Fsp3) is 0.100. The molecule has 0 unspecified atom stereocenters. The predicted octanol–water partition coefficient (Wildman–Crippen LogP) is 2.37. The number of aromatic nitrogens is 2. The minimum absolute atomic E-state index is 0.770. The number of hydrogen-bond acceptors (Lipinski definition) is 3. The lowest BCUT2D eigenvalue weighted by Gasteiger charge is -2.05. The summed E-state index contributed by atoms with van der Waals surface area (Å²) < 4.78 is 5.18. The van der Waals surface area contributed by atoms with Crippen molar-refractivity contribution in [2.45, 2.75) is 4.90 Å². The Balaban J connectivity index is 2.46. The van der Waals surface area contributed by atoms with Crippen molar-refractivity contribution < 1.29 is 4.74 Å². The maximum absolute atomic E-state index is 5.18. The second-order valence-electron chi connectivity index (χ2n) is 2.87. The van der Waals surface area contributed by atoms with E-state index in [0.717, 1.165) is 21.8 Å². The van der Waals surface area contributed by atoms with E-state index in [-0.39, 0.29) is 0 Å². The number of nitrogens with one attached hydrogen (secondary N) is 1. The van der Waals surface area contributed by atoms with Crippen LogP contribution in [0.3, 0.4) is 0 Å². The highest BCUT2D eigenvalue weighted by Gasteiger charge is 2.03. The number of rotatable bonds is 2. The van der Waals surface area contributed by atoms with E-state index in [1.54, 1.807) is 13.3 Å². The summed E-state index contributed by atoms with van der Waals surface area (Å²) in [6.07, 6.45) is 3.61. The molecule has 0 spiro atoms. The van der Waals surface area contributed by atoms with Crippen LogP contribution in [0.25, 0.3) is 11.1 Å². The Kier molecular flexibility index (Phi) is 2.45. The number of benzene rings is 1. The van der Waals surface area contributed by atoms with Gasteiger partial charge in [0.05, 0.1) is 13.3 Å². The van der Waals surface area contributed by atoms with Crippen molar-refractivity contribution in [3.63, 3.8) is 0 Å². The monoisotopic (exact) mass is 206 g/mol. The predicted molar refractivity (Wildman–Crippen MR) is 57.8 cm³/mol. The largest absolute Gasteiger partial charge is 0.496 e. The molecule has 0 amide bonds. The van der Waals surface area contributed by atoms with Crippen molar-refractivity contribution in [2.75, 3.05) is 7.11 Å². The van der Waals surface area contributed by atoms with Crippen LogP contribution in [0.1, 0.15) is 0 Å². The minimum atomic E-state index is 0.770. The molecule has 0 atom stereocenters. The van der Waals surface area contributed by atoms with Gasteiger partial charge in [0.15, 0.2) is 0 Å². The van der Waals surface area contributed by atoms with Gasteiger partial charge < -0.3 is 4.74 Å². The van der Waals surface area contributed by atoms with Crippen LogP contribution in [0, 0.1) is 0 Å². The zero-order valence-electron chi connectivity index (χ0n) is 7.69. The molecule has 1 N–H and O–H groups in total. The van der Waals surface area contributed by atoms with Gasteiger partial charge in [-0.3, -0.25) is 5.10 Å². The quantitative estimate of drug-likeness (QED) is 0.740. The molecular formula is C10H10N2OS. The SMILES string of the molecule is COc1cc(-c2cn[nH]c2)ccc1S. The lowest BCUT2D eigenvalue weighted by atomic mass is 10.1. The van der Waals surface area contributed by atoms with Gasteiger partial charge >= 0.3 is 0 Å². The molecule has 1 aromatic carbocycles. The Hall–Kier alpha value is -1.42. The van der Waals surface area contributed by atoms with Gasteiger partial charge in [0, 0.05) is 16.7 Å². The van der Waals surface area contributed by atoms with E-state index in [2.05, 4.69) is 22.8 Å². The third-order valence-electron chi connectivity index (χ3n) is 2.01. The van der Waals surface area contributed by atoms with Crippen LogP contribution < -0.4 is 4.74 Å². The van der Waals surface area contributed by atoms with Crippen LogP contribution in [0.15, 0.2) is 35.5 Å². The second kappa shape index (κ2) is 3.75. The first-order valence-electron chi connectivity index (χ1n) is 4.17. The molecule has 2 rings (SSSR count). The number of methoxy groups -OCH3 is 1. The smallest absolute Gasteiger partial charge is 0.132 e. The van der Waals surface area contributed by atoms with Gasteiger partial charge in [-0.1, -0.05) is 6.07 Å². The van der Waals surface area contributed by atoms with Gasteiger partial charge in [0.1, 0.15) is 5.75 Å². The molecule has 0 bridgehead atoms. The highest BCUT2D eigenvalue weighted by Crippen LogP contribution is 2.28. The average molecular weight is 206 g/mol. The number of thiol groups is 1. The molecule has 4 heteroatoms. The summed E-state index contributed by atoms with van der Waals surface area (Å²) in [4.78, 5) is 0.833. The van der Waals surface area contributed by atoms with Crippen LogP contribution in [0.5, 0.6) is 5.75 Å². The zero-order chi connectivity index (χ0) is 9.97. The minimum Gasteiger partial charge on any atom is -0.496 e. The van der Waals surface area contributed by atoms with Crippen molar-refractivity contribution in [1.82, 2.24) is 10.2 Å². The topological polar surface area (TPSA) is 37.9 Å². The molecule has 0 radical (unpaired) electrons.